The maximum Gasteiger partial charge on any atom is 0.243 e. The van der Waals surface area contributed by atoms with E-state index in [0.29, 0.717) is 49.5 Å². The van der Waals surface area contributed by atoms with Crippen LogP contribution >= 0.6 is 24.0 Å². The van der Waals surface area contributed by atoms with Gasteiger partial charge in [0.05, 0.1) is 18.0 Å². The van der Waals surface area contributed by atoms with E-state index in [9.17, 15) is 8.42 Å². The highest BCUT2D eigenvalue weighted by Gasteiger charge is 2.29. The number of nitrogens with zero attached hydrogens (tertiary/aromatic N) is 4. The van der Waals surface area contributed by atoms with Gasteiger partial charge < -0.3 is 10.3 Å². The summed E-state index contributed by atoms with van der Waals surface area (Å²) in [6.45, 7) is 2.69. The highest BCUT2D eigenvalue weighted by Crippen LogP contribution is 2.21. The number of benzene rings is 1. The maximum absolute atomic E-state index is 12.6. The van der Waals surface area contributed by atoms with Gasteiger partial charge in [0.1, 0.15) is 0 Å². The molecule has 138 valence electrons. The van der Waals surface area contributed by atoms with Crippen LogP contribution in [-0.2, 0) is 23.1 Å². The van der Waals surface area contributed by atoms with E-state index in [4.69, 9.17) is 21.9 Å². The van der Waals surface area contributed by atoms with Crippen LogP contribution in [0.15, 0.2) is 33.7 Å². The molecule has 11 heteroatoms. The van der Waals surface area contributed by atoms with Crippen molar-refractivity contribution >= 4 is 34.0 Å². The van der Waals surface area contributed by atoms with Crippen molar-refractivity contribution in [1.82, 2.24) is 19.3 Å². The van der Waals surface area contributed by atoms with Gasteiger partial charge in [-0.1, -0.05) is 22.8 Å². The number of hydrogen-bond donors (Lipinski definition) is 1. The molecule has 0 saturated carbocycles. The standard InChI is InChI=1S/C14H18ClN5O3S.ClH/c15-11-2-1-3-12(8-11)24(21,22)20-6-4-19(5-7-20)10-13-17-14(9-16)23-18-13;/h1-3,8H,4-7,9-10,16H2;1H. The summed E-state index contributed by atoms with van der Waals surface area (Å²) in [7, 11) is -3.52. The summed E-state index contributed by atoms with van der Waals surface area (Å²) in [6.07, 6.45) is 0. The summed E-state index contributed by atoms with van der Waals surface area (Å²) < 4.78 is 31.7. The Labute approximate surface area is 157 Å². The molecule has 1 aliphatic rings. The van der Waals surface area contributed by atoms with E-state index in [0.717, 1.165) is 0 Å². The third-order valence-corrected chi connectivity index (χ3v) is 5.94. The number of rotatable bonds is 5. The second-order valence-corrected chi connectivity index (χ2v) is 7.82. The highest BCUT2D eigenvalue weighted by molar-refractivity contribution is 7.89. The van der Waals surface area contributed by atoms with Crippen molar-refractivity contribution in [2.24, 2.45) is 5.73 Å². The fourth-order valence-corrected chi connectivity index (χ4v) is 4.27. The molecule has 2 heterocycles. The number of piperazine rings is 1. The number of sulfonamides is 1. The van der Waals surface area contributed by atoms with E-state index in [1.54, 1.807) is 18.2 Å². The third-order valence-electron chi connectivity index (χ3n) is 3.81. The molecule has 0 unspecified atom stereocenters. The average Bonchev–Trinajstić information content (AvgIpc) is 3.03. The van der Waals surface area contributed by atoms with Gasteiger partial charge in [-0.15, -0.1) is 12.4 Å². The summed E-state index contributed by atoms with van der Waals surface area (Å²) in [5, 5.41) is 4.26. The lowest BCUT2D eigenvalue weighted by molar-refractivity contribution is 0.176. The van der Waals surface area contributed by atoms with Gasteiger partial charge in [-0.3, -0.25) is 4.90 Å². The molecule has 2 N–H and O–H groups in total. The summed E-state index contributed by atoms with van der Waals surface area (Å²) in [4.78, 5) is 6.45. The number of nitrogens with two attached hydrogens (primary N) is 1. The summed E-state index contributed by atoms with van der Waals surface area (Å²) in [5.74, 6) is 0.953. The Morgan fingerprint density at radius 3 is 2.56 bits per heavy atom. The fraction of sp³-hybridized carbons (Fsp3) is 0.429. The van der Waals surface area contributed by atoms with E-state index in [-0.39, 0.29) is 23.8 Å². The molecular weight excluding hydrogens is 389 g/mol. The molecule has 1 aliphatic heterocycles. The summed E-state index contributed by atoms with van der Waals surface area (Å²) in [5.41, 5.74) is 5.44. The zero-order valence-corrected chi connectivity index (χ0v) is 15.7. The van der Waals surface area contributed by atoms with Crippen molar-refractivity contribution in [2.75, 3.05) is 26.2 Å². The molecule has 1 fully saturated rings. The topological polar surface area (TPSA) is 106 Å². The molecule has 1 saturated heterocycles. The Hall–Kier alpha value is -1.23. The Morgan fingerprint density at radius 2 is 1.96 bits per heavy atom. The van der Waals surface area contributed by atoms with Gasteiger partial charge in [0.2, 0.25) is 15.9 Å². The molecule has 1 aromatic carbocycles. The third kappa shape index (κ3) is 4.69. The van der Waals surface area contributed by atoms with E-state index in [1.165, 1.54) is 10.4 Å². The predicted octanol–water partition coefficient (Wildman–Crippen LogP) is 1.11. The minimum Gasteiger partial charge on any atom is -0.338 e. The molecule has 1 aromatic heterocycles. The van der Waals surface area contributed by atoms with Crippen LogP contribution in [0, 0.1) is 0 Å². The van der Waals surface area contributed by atoms with Crippen LogP contribution in [0.4, 0.5) is 0 Å². The van der Waals surface area contributed by atoms with Gasteiger partial charge in [0.25, 0.3) is 0 Å². The van der Waals surface area contributed by atoms with Crippen molar-refractivity contribution in [2.45, 2.75) is 18.0 Å². The molecule has 0 bridgehead atoms. The molecule has 25 heavy (non-hydrogen) atoms. The van der Waals surface area contributed by atoms with Crippen LogP contribution in [-0.4, -0.2) is 53.9 Å². The lowest BCUT2D eigenvalue weighted by Crippen LogP contribution is -2.48. The number of halogens is 2. The highest BCUT2D eigenvalue weighted by atomic mass is 35.5. The Kier molecular flexibility index (Phi) is 6.78. The molecule has 0 radical (unpaired) electrons. The van der Waals surface area contributed by atoms with Crippen LogP contribution in [0.2, 0.25) is 5.02 Å². The van der Waals surface area contributed by atoms with Crippen LogP contribution in [0.3, 0.4) is 0 Å². The lowest BCUT2D eigenvalue weighted by Gasteiger charge is -2.33. The van der Waals surface area contributed by atoms with Crippen LogP contribution < -0.4 is 5.73 Å². The maximum atomic E-state index is 12.6. The van der Waals surface area contributed by atoms with Crippen LogP contribution in [0.1, 0.15) is 11.7 Å². The van der Waals surface area contributed by atoms with Gasteiger partial charge in [0.15, 0.2) is 5.82 Å². The smallest absolute Gasteiger partial charge is 0.243 e. The van der Waals surface area contributed by atoms with Gasteiger partial charge in [-0.2, -0.15) is 9.29 Å². The Bertz CT molecular complexity index is 806. The molecule has 0 spiro atoms. The van der Waals surface area contributed by atoms with Gasteiger partial charge >= 0.3 is 0 Å². The zero-order valence-electron chi connectivity index (χ0n) is 13.3. The SMILES string of the molecule is Cl.NCc1nc(CN2CCN(S(=O)(=O)c3cccc(Cl)c3)CC2)no1. The van der Waals surface area contributed by atoms with Gasteiger partial charge in [-0.25, -0.2) is 8.42 Å². The van der Waals surface area contributed by atoms with Crippen molar-refractivity contribution in [1.29, 1.82) is 0 Å². The van der Waals surface area contributed by atoms with Crippen molar-refractivity contribution < 1.29 is 12.9 Å². The first-order chi connectivity index (χ1) is 11.5. The predicted molar refractivity (Wildman–Crippen MR) is 94.9 cm³/mol. The molecule has 0 atom stereocenters. The molecule has 8 nitrogen and oxygen atoms in total. The fourth-order valence-electron chi connectivity index (χ4n) is 2.54. The van der Waals surface area contributed by atoms with Crippen molar-refractivity contribution in [3.05, 3.63) is 41.0 Å². The minimum absolute atomic E-state index is 0. The van der Waals surface area contributed by atoms with E-state index in [1.807, 2.05) is 0 Å². The molecule has 0 amide bonds. The van der Waals surface area contributed by atoms with Crippen molar-refractivity contribution in [3.8, 4) is 0 Å². The van der Waals surface area contributed by atoms with E-state index < -0.39 is 10.0 Å². The van der Waals surface area contributed by atoms with Gasteiger partial charge in [-0.05, 0) is 18.2 Å². The van der Waals surface area contributed by atoms with Crippen LogP contribution in [0.5, 0.6) is 0 Å². The molecular formula is C14H19Cl2N5O3S. The lowest BCUT2D eigenvalue weighted by atomic mass is 10.3. The van der Waals surface area contributed by atoms with E-state index >= 15 is 0 Å². The van der Waals surface area contributed by atoms with Crippen molar-refractivity contribution in [3.63, 3.8) is 0 Å². The number of hydrogen-bond acceptors (Lipinski definition) is 7. The number of aromatic nitrogens is 2. The Balaban J connectivity index is 0.00000225. The first kappa shape index (κ1) is 20.1. The molecule has 2 aromatic rings. The second kappa shape index (κ2) is 8.43. The first-order valence-electron chi connectivity index (χ1n) is 7.48. The summed E-state index contributed by atoms with van der Waals surface area (Å²) >= 11 is 5.89. The molecule has 0 aliphatic carbocycles. The second-order valence-electron chi connectivity index (χ2n) is 5.45. The van der Waals surface area contributed by atoms with Crippen LogP contribution in [0.25, 0.3) is 0 Å². The Morgan fingerprint density at radius 1 is 1.24 bits per heavy atom. The van der Waals surface area contributed by atoms with Gasteiger partial charge in [0, 0.05) is 31.2 Å². The largest absolute Gasteiger partial charge is 0.338 e. The zero-order chi connectivity index (χ0) is 17.2. The summed E-state index contributed by atoms with van der Waals surface area (Å²) in [6, 6.07) is 6.31. The first-order valence-corrected chi connectivity index (χ1v) is 9.30. The monoisotopic (exact) mass is 407 g/mol. The minimum atomic E-state index is -3.52. The molecule has 3 rings (SSSR count). The van der Waals surface area contributed by atoms with E-state index in [2.05, 4.69) is 15.0 Å². The average molecular weight is 408 g/mol. The normalized spacial score (nSPS) is 16.6. The quantitative estimate of drug-likeness (QED) is 0.790.